The molecule has 0 spiro atoms. The van der Waals surface area contributed by atoms with E-state index in [1.807, 2.05) is 73.7 Å². The summed E-state index contributed by atoms with van der Waals surface area (Å²) in [6.45, 7) is 6.39. The van der Waals surface area contributed by atoms with Crippen LogP contribution in [0.25, 0.3) is 0 Å². The zero-order valence-corrected chi connectivity index (χ0v) is 18.6. The van der Waals surface area contributed by atoms with Gasteiger partial charge in [0.15, 0.2) is 0 Å². The first kappa shape index (κ1) is 21.3. The maximum absolute atomic E-state index is 5.99. The van der Waals surface area contributed by atoms with Gasteiger partial charge in [0.1, 0.15) is 23.0 Å². The Hall–Kier alpha value is -3.92. The monoisotopic (exact) mass is 424 g/mol. The summed E-state index contributed by atoms with van der Waals surface area (Å²) < 4.78 is 11.9. The second kappa shape index (κ2) is 8.67. The van der Waals surface area contributed by atoms with Crippen molar-refractivity contribution in [2.45, 2.75) is 26.2 Å². The Morgan fingerprint density at radius 1 is 0.562 bits per heavy atom. The first-order valence-corrected chi connectivity index (χ1v) is 10.6. The lowest BCUT2D eigenvalue weighted by atomic mass is 9.78. The van der Waals surface area contributed by atoms with Crippen molar-refractivity contribution in [3.05, 3.63) is 108 Å². The van der Waals surface area contributed by atoms with Crippen molar-refractivity contribution >= 4 is 11.4 Å². The summed E-state index contributed by atoms with van der Waals surface area (Å²) in [5, 5.41) is 0. The molecule has 4 aromatic rings. The molecule has 0 amide bonds. The molecule has 0 radical (unpaired) electrons. The molecule has 0 saturated heterocycles. The van der Waals surface area contributed by atoms with Crippen LogP contribution in [0.3, 0.4) is 0 Å². The quantitative estimate of drug-likeness (QED) is 0.325. The van der Waals surface area contributed by atoms with Gasteiger partial charge < -0.3 is 20.9 Å². The molecule has 4 heteroatoms. The van der Waals surface area contributed by atoms with Crippen LogP contribution in [0.15, 0.2) is 91.0 Å². The Morgan fingerprint density at radius 3 is 1.44 bits per heavy atom. The van der Waals surface area contributed by atoms with Gasteiger partial charge in [-0.2, -0.15) is 0 Å². The van der Waals surface area contributed by atoms with Crippen molar-refractivity contribution < 1.29 is 9.47 Å². The molecule has 162 valence electrons. The van der Waals surface area contributed by atoms with Crippen LogP contribution < -0.4 is 20.9 Å². The van der Waals surface area contributed by atoms with Gasteiger partial charge in [-0.05, 0) is 90.3 Å². The molecule has 0 bridgehead atoms. The van der Waals surface area contributed by atoms with Crippen molar-refractivity contribution in [3.63, 3.8) is 0 Å². The highest BCUT2D eigenvalue weighted by molar-refractivity contribution is 5.51. The molecule has 0 aromatic heterocycles. The number of nitrogen functional groups attached to an aromatic ring is 2. The smallest absolute Gasteiger partial charge is 0.127 e. The number of aryl methyl sites for hydroxylation is 1. The molecule has 0 heterocycles. The fraction of sp³-hybridized carbons (Fsp3) is 0.143. The molecule has 0 aliphatic heterocycles. The van der Waals surface area contributed by atoms with Gasteiger partial charge in [-0.15, -0.1) is 0 Å². The number of hydrogen-bond donors (Lipinski definition) is 2. The first-order valence-electron chi connectivity index (χ1n) is 10.6. The van der Waals surface area contributed by atoms with Crippen molar-refractivity contribution in [2.75, 3.05) is 11.5 Å². The predicted molar refractivity (Wildman–Crippen MR) is 132 cm³/mol. The number of nitrogens with two attached hydrogens (primary N) is 2. The molecule has 0 aliphatic rings. The summed E-state index contributed by atoms with van der Waals surface area (Å²) in [6.07, 6.45) is 0. The topological polar surface area (TPSA) is 70.5 Å². The van der Waals surface area contributed by atoms with E-state index in [1.165, 1.54) is 11.1 Å². The molecular weight excluding hydrogens is 396 g/mol. The van der Waals surface area contributed by atoms with E-state index in [0.717, 1.165) is 39.9 Å². The zero-order chi connectivity index (χ0) is 22.7. The first-order chi connectivity index (χ1) is 15.3. The van der Waals surface area contributed by atoms with Gasteiger partial charge in [0.05, 0.1) is 0 Å². The largest absolute Gasteiger partial charge is 0.457 e. The van der Waals surface area contributed by atoms with E-state index in [4.69, 9.17) is 20.9 Å². The van der Waals surface area contributed by atoms with Gasteiger partial charge in [-0.25, -0.2) is 0 Å². The summed E-state index contributed by atoms with van der Waals surface area (Å²) in [6, 6.07) is 29.5. The summed E-state index contributed by atoms with van der Waals surface area (Å²) >= 11 is 0. The lowest BCUT2D eigenvalue weighted by Crippen LogP contribution is -2.18. The molecular formula is C28H28N2O2. The molecule has 0 unspecified atom stereocenters. The molecule has 0 aliphatic carbocycles. The SMILES string of the molecule is Cc1cc(Oc2ccc(C(C)(C)c3ccc(Oc4ccc(N)cc4)cc3)cc2)ccc1N. The lowest BCUT2D eigenvalue weighted by Gasteiger charge is -2.26. The Kier molecular flexibility index (Phi) is 5.78. The summed E-state index contributed by atoms with van der Waals surface area (Å²) in [4.78, 5) is 0. The molecule has 4 rings (SSSR count). The predicted octanol–water partition coefficient (Wildman–Crippen LogP) is 7.07. The Labute approximate surface area is 189 Å². The highest BCUT2D eigenvalue weighted by atomic mass is 16.5. The fourth-order valence-corrected chi connectivity index (χ4v) is 3.57. The van der Waals surface area contributed by atoms with E-state index >= 15 is 0 Å². The van der Waals surface area contributed by atoms with Crippen molar-refractivity contribution in [1.82, 2.24) is 0 Å². The number of ether oxygens (including phenoxy) is 2. The van der Waals surface area contributed by atoms with Crippen molar-refractivity contribution in [2.24, 2.45) is 0 Å². The van der Waals surface area contributed by atoms with Crippen LogP contribution in [0.2, 0.25) is 0 Å². The number of rotatable bonds is 6. The minimum atomic E-state index is -0.171. The minimum absolute atomic E-state index is 0.171. The van der Waals surface area contributed by atoms with E-state index in [1.54, 1.807) is 0 Å². The minimum Gasteiger partial charge on any atom is -0.457 e. The molecule has 0 fully saturated rings. The Bertz CT molecular complexity index is 1200. The normalized spacial score (nSPS) is 11.2. The van der Waals surface area contributed by atoms with Gasteiger partial charge in [0.25, 0.3) is 0 Å². The molecule has 32 heavy (non-hydrogen) atoms. The average molecular weight is 425 g/mol. The van der Waals surface area contributed by atoms with Crippen LogP contribution in [0.5, 0.6) is 23.0 Å². The summed E-state index contributed by atoms with van der Waals surface area (Å²) in [7, 11) is 0. The number of anilines is 2. The van der Waals surface area contributed by atoms with Gasteiger partial charge in [0.2, 0.25) is 0 Å². The van der Waals surface area contributed by atoms with E-state index in [0.29, 0.717) is 0 Å². The highest BCUT2D eigenvalue weighted by Crippen LogP contribution is 2.35. The zero-order valence-electron chi connectivity index (χ0n) is 18.6. The second-order valence-electron chi connectivity index (χ2n) is 8.47. The van der Waals surface area contributed by atoms with Gasteiger partial charge in [-0.3, -0.25) is 0 Å². The van der Waals surface area contributed by atoms with Crippen molar-refractivity contribution in [3.8, 4) is 23.0 Å². The van der Waals surface area contributed by atoms with Gasteiger partial charge in [0, 0.05) is 16.8 Å². The van der Waals surface area contributed by atoms with Gasteiger partial charge in [-0.1, -0.05) is 38.1 Å². The molecule has 4 N–H and O–H groups in total. The molecule has 0 saturated carbocycles. The summed E-state index contributed by atoms with van der Waals surface area (Å²) in [5.74, 6) is 3.12. The third-order valence-corrected chi connectivity index (χ3v) is 5.74. The van der Waals surface area contributed by atoms with Crippen LogP contribution >= 0.6 is 0 Å². The fourth-order valence-electron chi connectivity index (χ4n) is 3.57. The average Bonchev–Trinajstić information content (AvgIpc) is 2.79. The maximum atomic E-state index is 5.99. The molecule has 0 atom stereocenters. The third-order valence-electron chi connectivity index (χ3n) is 5.74. The maximum Gasteiger partial charge on any atom is 0.127 e. The van der Waals surface area contributed by atoms with Crippen LogP contribution in [0.4, 0.5) is 11.4 Å². The Morgan fingerprint density at radius 2 is 0.969 bits per heavy atom. The second-order valence-corrected chi connectivity index (χ2v) is 8.47. The summed E-state index contributed by atoms with van der Waals surface area (Å²) in [5.41, 5.74) is 16.3. The Balaban J connectivity index is 1.47. The van der Waals surface area contributed by atoms with Crippen LogP contribution in [-0.2, 0) is 5.41 Å². The van der Waals surface area contributed by atoms with Crippen LogP contribution in [0.1, 0.15) is 30.5 Å². The van der Waals surface area contributed by atoms with E-state index < -0.39 is 0 Å². The third kappa shape index (κ3) is 4.70. The highest BCUT2D eigenvalue weighted by Gasteiger charge is 2.23. The van der Waals surface area contributed by atoms with E-state index in [-0.39, 0.29) is 5.41 Å². The molecule has 4 nitrogen and oxygen atoms in total. The standard InChI is InChI=1S/C28H28N2O2/c1-19-18-26(16-17-27(19)30)32-24-12-6-21(7-13-24)28(2,3)20-4-10-23(11-5-20)31-25-14-8-22(29)9-15-25/h4-18H,29-30H2,1-3H3. The number of hydrogen-bond acceptors (Lipinski definition) is 4. The van der Waals surface area contributed by atoms with E-state index in [2.05, 4.69) is 38.1 Å². The number of benzene rings is 4. The van der Waals surface area contributed by atoms with Crippen LogP contribution in [0, 0.1) is 6.92 Å². The van der Waals surface area contributed by atoms with Crippen molar-refractivity contribution in [1.29, 1.82) is 0 Å². The van der Waals surface area contributed by atoms with E-state index in [9.17, 15) is 0 Å². The lowest BCUT2D eigenvalue weighted by molar-refractivity contribution is 0.481. The van der Waals surface area contributed by atoms with Gasteiger partial charge >= 0.3 is 0 Å². The molecule has 4 aromatic carbocycles. The van der Waals surface area contributed by atoms with Crippen LogP contribution in [-0.4, -0.2) is 0 Å².